The average molecular weight is 289 g/mol. The van der Waals surface area contributed by atoms with E-state index in [9.17, 15) is 0 Å². The number of hydrogen-bond acceptors (Lipinski definition) is 1. The minimum Gasteiger partial charge on any atom is -0.149 e. The molecule has 0 saturated carbocycles. The third-order valence-corrected chi connectivity index (χ3v) is 4.30. The lowest BCUT2D eigenvalue weighted by Gasteiger charge is -2.07. The molecule has 2 heteroatoms. The van der Waals surface area contributed by atoms with Crippen molar-refractivity contribution in [2.75, 3.05) is 0 Å². The topological polar surface area (TPSA) is 0 Å². The van der Waals surface area contributed by atoms with E-state index in [1.165, 1.54) is 49.8 Å². The van der Waals surface area contributed by atoms with Crippen molar-refractivity contribution in [3.8, 4) is 0 Å². The number of rotatable bonds is 8. The second-order valence-electron chi connectivity index (χ2n) is 4.08. The van der Waals surface area contributed by atoms with Gasteiger partial charge in [0, 0.05) is 9.70 Å². The highest BCUT2D eigenvalue weighted by Gasteiger charge is 2.05. The van der Waals surface area contributed by atoms with Gasteiger partial charge in [-0.05, 0) is 24.3 Å². The second-order valence-corrected chi connectivity index (χ2v) is 6.41. The number of halogens is 1. The number of thiophene rings is 1. The molecule has 15 heavy (non-hydrogen) atoms. The van der Waals surface area contributed by atoms with Crippen LogP contribution in [0.1, 0.15) is 50.3 Å². The Morgan fingerprint density at radius 1 is 1.27 bits per heavy atom. The Bertz CT molecular complexity index is 231. The van der Waals surface area contributed by atoms with Crippen molar-refractivity contribution in [2.45, 2.75) is 56.7 Å². The smallest absolute Gasteiger partial charge is 0.0194 e. The highest BCUT2D eigenvalue weighted by molar-refractivity contribution is 9.09. The van der Waals surface area contributed by atoms with E-state index in [1.54, 1.807) is 0 Å². The molecule has 1 rings (SSSR count). The van der Waals surface area contributed by atoms with Crippen molar-refractivity contribution >= 4 is 27.3 Å². The molecular weight excluding hydrogens is 268 g/mol. The van der Waals surface area contributed by atoms with Gasteiger partial charge in [0.25, 0.3) is 0 Å². The normalized spacial score (nSPS) is 12.9. The van der Waals surface area contributed by atoms with Gasteiger partial charge in [-0.1, -0.05) is 61.0 Å². The average Bonchev–Trinajstić information content (AvgIpc) is 2.70. The molecule has 0 spiro atoms. The van der Waals surface area contributed by atoms with E-state index < -0.39 is 0 Å². The Balaban J connectivity index is 2.01. The first-order chi connectivity index (χ1) is 7.33. The molecule has 1 heterocycles. The Morgan fingerprint density at radius 3 is 2.73 bits per heavy atom. The molecule has 0 amide bonds. The van der Waals surface area contributed by atoms with Gasteiger partial charge in [-0.2, -0.15) is 0 Å². The van der Waals surface area contributed by atoms with E-state index in [0.717, 1.165) is 0 Å². The van der Waals surface area contributed by atoms with Crippen LogP contribution < -0.4 is 0 Å². The summed E-state index contributed by atoms with van der Waals surface area (Å²) in [5, 5.41) is 2.16. The summed E-state index contributed by atoms with van der Waals surface area (Å²) in [6.45, 7) is 2.27. The summed E-state index contributed by atoms with van der Waals surface area (Å²) in [5.41, 5.74) is 0. The maximum Gasteiger partial charge on any atom is 0.0194 e. The molecule has 1 unspecified atom stereocenters. The molecule has 0 aliphatic rings. The van der Waals surface area contributed by atoms with Crippen molar-refractivity contribution in [2.24, 2.45) is 0 Å². The van der Waals surface area contributed by atoms with Gasteiger partial charge in [0.15, 0.2) is 0 Å². The van der Waals surface area contributed by atoms with Crippen LogP contribution in [0.2, 0.25) is 0 Å². The molecule has 0 N–H and O–H groups in total. The fourth-order valence-corrected chi connectivity index (χ4v) is 3.39. The van der Waals surface area contributed by atoms with Crippen molar-refractivity contribution in [1.82, 2.24) is 0 Å². The van der Waals surface area contributed by atoms with Crippen molar-refractivity contribution in [3.63, 3.8) is 0 Å². The minimum absolute atomic E-state index is 0.678. The predicted molar refractivity (Wildman–Crippen MR) is 74.1 cm³/mol. The lowest BCUT2D eigenvalue weighted by molar-refractivity contribution is 0.599. The molecule has 0 radical (unpaired) electrons. The first-order valence-electron chi connectivity index (χ1n) is 5.99. The van der Waals surface area contributed by atoms with Crippen molar-refractivity contribution < 1.29 is 0 Å². The van der Waals surface area contributed by atoms with Crippen LogP contribution in [0.5, 0.6) is 0 Å². The Hall–Kier alpha value is 0.180. The lowest BCUT2D eigenvalue weighted by atomic mass is 10.1. The standard InChI is InChI=1S/C13H21BrS/c1-2-3-4-5-6-8-12(14)11-13-9-7-10-15-13/h7,9-10,12H,2-6,8,11H2,1H3. The van der Waals surface area contributed by atoms with Crippen LogP contribution in [0.4, 0.5) is 0 Å². The SMILES string of the molecule is CCCCCCCC(Br)Cc1cccs1. The van der Waals surface area contributed by atoms with Gasteiger partial charge < -0.3 is 0 Å². The predicted octanol–water partition coefficient (Wildman–Crippen LogP) is 5.41. The van der Waals surface area contributed by atoms with Gasteiger partial charge in [-0.15, -0.1) is 11.3 Å². The van der Waals surface area contributed by atoms with Crippen LogP contribution in [-0.2, 0) is 6.42 Å². The van der Waals surface area contributed by atoms with Crippen LogP contribution in [0.3, 0.4) is 0 Å². The van der Waals surface area contributed by atoms with Gasteiger partial charge in [0.2, 0.25) is 0 Å². The Kier molecular flexibility index (Phi) is 7.37. The van der Waals surface area contributed by atoms with E-state index >= 15 is 0 Å². The van der Waals surface area contributed by atoms with Gasteiger partial charge in [-0.25, -0.2) is 0 Å². The zero-order valence-corrected chi connectivity index (χ0v) is 11.9. The lowest BCUT2D eigenvalue weighted by Crippen LogP contribution is -2.00. The van der Waals surface area contributed by atoms with Crippen molar-refractivity contribution in [3.05, 3.63) is 22.4 Å². The first-order valence-corrected chi connectivity index (χ1v) is 7.79. The molecule has 0 bridgehead atoms. The fraction of sp³-hybridized carbons (Fsp3) is 0.692. The number of hydrogen-bond donors (Lipinski definition) is 0. The van der Waals surface area contributed by atoms with Gasteiger partial charge in [0.05, 0.1) is 0 Å². The summed E-state index contributed by atoms with van der Waals surface area (Å²) in [4.78, 5) is 2.18. The quantitative estimate of drug-likeness (QED) is 0.443. The summed E-state index contributed by atoms with van der Waals surface area (Å²) in [6.07, 6.45) is 9.45. The molecule has 1 aromatic heterocycles. The van der Waals surface area contributed by atoms with E-state index in [2.05, 4.69) is 40.4 Å². The van der Waals surface area contributed by atoms with E-state index in [4.69, 9.17) is 0 Å². The van der Waals surface area contributed by atoms with Gasteiger partial charge in [-0.3, -0.25) is 0 Å². The zero-order chi connectivity index (χ0) is 10.9. The van der Waals surface area contributed by atoms with Gasteiger partial charge in [0.1, 0.15) is 0 Å². The second kappa shape index (κ2) is 8.35. The van der Waals surface area contributed by atoms with Crippen LogP contribution in [0, 0.1) is 0 Å². The highest BCUT2D eigenvalue weighted by atomic mass is 79.9. The molecule has 0 aliphatic carbocycles. The van der Waals surface area contributed by atoms with Crippen LogP contribution in [-0.4, -0.2) is 4.83 Å². The van der Waals surface area contributed by atoms with E-state index in [1.807, 2.05) is 11.3 Å². The first kappa shape index (κ1) is 13.2. The molecule has 0 fully saturated rings. The van der Waals surface area contributed by atoms with E-state index in [-0.39, 0.29) is 0 Å². The third-order valence-electron chi connectivity index (χ3n) is 2.62. The van der Waals surface area contributed by atoms with Crippen LogP contribution in [0.25, 0.3) is 0 Å². The monoisotopic (exact) mass is 288 g/mol. The summed E-state index contributed by atoms with van der Waals surface area (Å²) in [5.74, 6) is 0. The number of alkyl halides is 1. The zero-order valence-electron chi connectivity index (χ0n) is 9.55. The van der Waals surface area contributed by atoms with Gasteiger partial charge >= 0.3 is 0 Å². The highest BCUT2D eigenvalue weighted by Crippen LogP contribution is 2.20. The third kappa shape index (κ3) is 6.36. The molecule has 1 atom stereocenters. The molecule has 0 aromatic carbocycles. The summed E-state index contributed by atoms with van der Waals surface area (Å²) < 4.78 is 0. The molecule has 86 valence electrons. The molecule has 0 nitrogen and oxygen atoms in total. The minimum atomic E-state index is 0.678. The van der Waals surface area contributed by atoms with Crippen LogP contribution in [0.15, 0.2) is 17.5 Å². The summed E-state index contributed by atoms with van der Waals surface area (Å²) in [6, 6.07) is 4.37. The molecule has 0 aliphatic heterocycles. The summed E-state index contributed by atoms with van der Waals surface area (Å²) in [7, 11) is 0. The Labute approximate surface area is 106 Å². The Morgan fingerprint density at radius 2 is 2.07 bits per heavy atom. The molecule has 0 saturated heterocycles. The maximum atomic E-state index is 3.78. The largest absolute Gasteiger partial charge is 0.149 e. The fourth-order valence-electron chi connectivity index (χ4n) is 1.72. The van der Waals surface area contributed by atoms with Crippen molar-refractivity contribution in [1.29, 1.82) is 0 Å². The van der Waals surface area contributed by atoms with E-state index in [0.29, 0.717) is 4.83 Å². The molecular formula is C13H21BrS. The number of unbranched alkanes of at least 4 members (excludes halogenated alkanes) is 4. The van der Waals surface area contributed by atoms with Crippen LogP contribution >= 0.6 is 27.3 Å². The maximum absolute atomic E-state index is 3.78. The summed E-state index contributed by atoms with van der Waals surface area (Å²) >= 11 is 5.64. The molecule has 1 aromatic rings.